The Balaban J connectivity index is 1.20. The van der Waals surface area contributed by atoms with Gasteiger partial charge in [0.05, 0.1) is 11.3 Å². The summed E-state index contributed by atoms with van der Waals surface area (Å²) in [7, 11) is 0. The van der Waals surface area contributed by atoms with E-state index in [9.17, 15) is 9.59 Å². The number of anilines is 1. The third-order valence-corrected chi connectivity index (χ3v) is 7.58. The number of thioether (sulfide) groups is 1. The summed E-state index contributed by atoms with van der Waals surface area (Å²) in [5.41, 5.74) is 1.23. The molecule has 7 nitrogen and oxygen atoms in total. The number of piperidine rings is 1. The van der Waals surface area contributed by atoms with Gasteiger partial charge in [-0.25, -0.2) is 4.98 Å². The predicted octanol–water partition coefficient (Wildman–Crippen LogP) is 4.19. The van der Waals surface area contributed by atoms with Gasteiger partial charge in [0.25, 0.3) is 5.91 Å². The molecule has 32 heavy (non-hydrogen) atoms. The van der Waals surface area contributed by atoms with Gasteiger partial charge in [-0.05, 0) is 48.9 Å². The topological polar surface area (TPSA) is 80.8 Å². The minimum Gasteiger partial charge on any atom is -0.454 e. The van der Waals surface area contributed by atoms with E-state index in [1.807, 2.05) is 11.0 Å². The molecule has 2 aliphatic heterocycles. The van der Waals surface area contributed by atoms with Crippen molar-refractivity contribution in [3.8, 4) is 11.5 Å². The van der Waals surface area contributed by atoms with Gasteiger partial charge in [-0.3, -0.25) is 9.59 Å². The lowest BCUT2D eigenvalue weighted by Crippen LogP contribution is -2.44. The second kappa shape index (κ2) is 9.40. The highest BCUT2D eigenvalue weighted by Gasteiger charge is 2.33. The second-order valence-corrected chi connectivity index (χ2v) is 9.57. The number of pyridine rings is 1. The van der Waals surface area contributed by atoms with E-state index in [1.54, 1.807) is 30.5 Å². The summed E-state index contributed by atoms with van der Waals surface area (Å²) in [5, 5.41) is 3.47. The number of nitrogens with one attached hydrogen (secondary N) is 1. The van der Waals surface area contributed by atoms with Crippen molar-refractivity contribution in [3.05, 3.63) is 42.1 Å². The Kier molecular flexibility index (Phi) is 6.21. The largest absolute Gasteiger partial charge is 0.454 e. The van der Waals surface area contributed by atoms with E-state index in [1.165, 1.54) is 37.4 Å². The summed E-state index contributed by atoms with van der Waals surface area (Å²) in [4.78, 5) is 32.2. The smallest absolute Gasteiger partial charge is 0.256 e. The van der Waals surface area contributed by atoms with Crippen LogP contribution in [0.25, 0.3) is 0 Å². The summed E-state index contributed by atoms with van der Waals surface area (Å²) in [6.45, 7) is 1.84. The minimum atomic E-state index is -0.166. The van der Waals surface area contributed by atoms with Crippen molar-refractivity contribution in [2.75, 3.05) is 31.0 Å². The maximum Gasteiger partial charge on any atom is 0.256 e. The Labute approximate surface area is 191 Å². The Morgan fingerprint density at radius 3 is 2.84 bits per heavy atom. The lowest BCUT2D eigenvalue weighted by molar-refractivity contribution is -0.113. The number of fused-ring (bicyclic) bond motifs is 2. The van der Waals surface area contributed by atoms with Crippen molar-refractivity contribution in [1.82, 2.24) is 9.88 Å². The maximum atomic E-state index is 13.3. The lowest BCUT2D eigenvalue weighted by atomic mass is 9.75. The van der Waals surface area contributed by atoms with Crippen LogP contribution >= 0.6 is 11.8 Å². The van der Waals surface area contributed by atoms with Gasteiger partial charge >= 0.3 is 0 Å². The number of carbonyl (C=O) groups excluding carboxylic acids is 2. The molecule has 3 aliphatic rings. The summed E-state index contributed by atoms with van der Waals surface area (Å²) in [6, 6.07) is 8.91. The molecular formula is C24H27N3O4S. The third-order valence-electron chi connectivity index (χ3n) is 6.58. The Morgan fingerprint density at radius 2 is 1.94 bits per heavy atom. The monoisotopic (exact) mass is 453 g/mol. The molecular weight excluding hydrogens is 426 g/mol. The molecule has 1 aliphatic carbocycles. The highest BCUT2D eigenvalue weighted by molar-refractivity contribution is 8.00. The first kappa shape index (κ1) is 21.1. The number of hydrogen-bond acceptors (Lipinski definition) is 6. The van der Waals surface area contributed by atoms with Gasteiger partial charge < -0.3 is 19.7 Å². The quantitative estimate of drug-likeness (QED) is 0.684. The van der Waals surface area contributed by atoms with Gasteiger partial charge in [0.2, 0.25) is 12.7 Å². The molecule has 0 bridgehead atoms. The molecule has 0 radical (unpaired) electrons. The van der Waals surface area contributed by atoms with Crippen LogP contribution in [-0.4, -0.2) is 47.3 Å². The molecule has 0 unspecified atom stereocenters. The van der Waals surface area contributed by atoms with Crippen molar-refractivity contribution in [3.63, 3.8) is 0 Å². The van der Waals surface area contributed by atoms with Crippen LogP contribution in [0.5, 0.6) is 11.5 Å². The van der Waals surface area contributed by atoms with Gasteiger partial charge in [-0.15, -0.1) is 0 Å². The zero-order valence-corrected chi connectivity index (χ0v) is 18.7. The molecule has 2 aromatic rings. The van der Waals surface area contributed by atoms with Gasteiger partial charge in [0.1, 0.15) is 5.03 Å². The summed E-state index contributed by atoms with van der Waals surface area (Å²) in [5.74, 6) is 2.72. The van der Waals surface area contributed by atoms with Crippen LogP contribution < -0.4 is 14.8 Å². The fourth-order valence-corrected chi connectivity index (χ4v) is 5.72. The first-order chi connectivity index (χ1) is 15.7. The highest BCUT2D eigenvalue weighted by Crippen LogP contribution is 2.37. The van der Waals surface area contributed by atoms with Crippen LogP contribution in [0.2, 0.25) is 0 Å². The zero-order chi connectivity index (χ0) is 21.9. The maximum absolute atomic E-state index is 13.3. The zero-order valence-electron chi connectivity index (χ0n) is 17.9. The van der Waals surface area contributed by atoms with Crippen LogP contribution in [0.1, 0.15) is 42.5 Å². The average Bonchev–Trinajstić information content (AvgIpc) is 3.30. The van der Waals surface area contributed by atoms with E-state index in [-0.39, 0.29) is 24.4 Å². The third kappa shape index (κ3) is 4.55. The minimum absolute atomic E-state index is 0.0285. The second-order valence-electron chi connectivity index (χ2n) is 8.61. The number of ether oxygens (including phenoxy) is 2. The molecule has 2 fully saturated rings. The highest BCUT2D eigenvalue weighted by atomic mass is 32.2. The average molecular weight is 454 g/mol. The summed E-state index contributed by atoms with van der Waals surface area (Å²) < 4.78 is 10.6. The van der Waals surface area contributed by atoms with E-state index in [2.05, 4.69) is 10.3 Å². The normalized spacial score (nSPS) is 21.7. The lowest BCUT2D eigenvalue weighted by Gasteiger charge is -2.41. The van der Waals surface area contributed by atoms with Crippen molar-refractivity contribution >= 4 is 29.3 Å². The molecule has 5 rings (SSSR count). The number of carbonyl (C=O) groups is 2. The van der Waals surface area contributed by atoms with Crippen LogP contribution in [0.4, 0.5) is 5.69 Å². The van der Waals surface area contributed by atoms with Crippen molar-refractivity contribution < 1.29 is 19.1 Å². The van der Waals surface area contributed by atoms with Crippen LogP contribution in [0, 0.1) is 11.8 Å². The van der Waals surface area contributed by atoms with Gasteiger partial charge in [-0.2, -0.15) is 0 Å². The number of amides is 2. The van der Waals surface area contributed by atoms with Gasteiger partial charge in [-0.1, -0.05) is 31.0 Å². The molecule has 1 N–H and O–H groups in total. The molecule has 2 amide bonds. The van der Waals surface area contributed by atoms with E-state index < -0.39 is 0 Å². The van der Waals surface area contributed by atoms with Crippen molar-refractivity contribution in [2.45, 2.75) is 37.1 Å². The molecule has 3 heterocycles. The predicted molar refractivity (Wildman–Crippen MR) is 122 cm³/mol. The Hall–Kier alpha value is -2.74. The van der Waals surface area contributed by atoms with Crippen molar-refractivity contribution in [2.24, 2.45) is 11.8 Å². The van der Waals surface area contributed by atoms with Crippen molar-refractivity contribution in [1.29, 1.82) is 0 Å². The first-order valence-corrected chi connectivity index (χ1v) is 12.2. The number of nitrogens with zero attached hydrogens (tertiary/aromatic N) is 2. The molecule has 2 atom stereocenters. The summed E-state index contributed by atoms with van der Waals surface area (Å²) >= 11 is 1.29. The molecule has 168 valence electrons. The Morgan fingerprint density at radius 1 is 1.09 bits per heavy atom. The fraction of sp³-hybridized carbons (Fsp3) is 0.458. The molecule has 1 saturated carbocycles. The van der Waals surface area contributed by atoms with E-state index in [4.69, 9.17) is 9.47 Å². The molecule has 1 saturated heterocycles. The number of likely N-dealkylation sites (tertiary alicyclic amines) is 1. The van der Waals surface area contributed by atoms with E-state index in [0.717, 1.165) is 25.4 Å². The SMILES string of the molecule is O=C(CSc1ncccc1C(=O)N1CC[C@H]2CCCC[C@H]2C1)Nc1ccc2c(c1)OCO2. The van der Waals surface area contributed by atoms with Gasteiger partial charge in [0.15, 0.2) is 11.5 Å². The molecule has 0 spiro atoms. The first-order valence-electron chi connectivity index (χ1n) is 11.2. The standard InChI is InChI=1S/C24H27N3O4S/c28-22(26-18-7-8-20-21(12-18)31-15-30-20)14-32-23-19(6-3-10-25-23)24(29)27-11-9-16-4-1-2-5-17(16)13-27/h3,6-8,10,12,16-17H,1-2,4-5,9,11,13-15H2,(H,26,28)/t16-,17+/m1/s1. The van der Waals surface area contributed by atoms with Crippen LogP contribution in [0.3, 0.4) is 0 Å². The fourth-order valence-electron chi connectivity index (χ4n) is 4.93. The molecule has 1 aromatic carbocycles. The summed E-state index contributed by atoms with van der Waals surface area (Å²) in [6.07, 6.45) is 7.89. The number of rotatable bonds is 5. The number of aromatic nitrogens is 1. The molecule has 8 heteroatoms. The Bertz CT molecular complexity index is 1010. The van der Waals surface area contributed by atoms with E-state index >= 15 is 0 Å². The van der Waals surface area contributed by atoms with Crippen LogP contribution in [0.15, 0.2) is 41.6 Å². The van der Waals surface area contributed by atoms with Gasteiger partial charge in [0, 0.05) is 31.0 Å². The van der Waals surface area contributed by atoms with E-state index in [0.29, 0.717) is 33.7 Å². The number of benzene rings is 1. The van der Waals surface area contributed by atoms with Crippen LogP contribution in [-0.2, 0) is 4.79 Å². The molecule has 1 aromatic heterocycles. The number of hydrogen-bond donors (Lipinski definition) is 1.